The summed E-state index contributed by atoms with van der Waals surface area (Å²) in [5, 5.41) is 17.9. The summed E-state index contributed by atoms with van der Waals surface area (Å²) < 4.78 is 6.51. The van der Waals surface area contributed by atoms with Gasteiger partial charge in [-0.2, -0.15) is 9.50 Å². The SMILES string of the molecule is Cc1noc(CNc2cncc3nnnn23)n1. The van der Waals surface area contributed by atoms with Crippen molar-refractivity contribution >= 4 is 11.5 Å². The van der Waals surface area contributed by atoms with E-state index in [0.29, 0.717) is 29.7 Å². The minimum atomic E-state index is 0.390. The van der Waals surface area contributed by atoms with E-state index in [1.807, 2.05) is 0 Å². The molecular weight excluding hydrogens is 224 g/mol. The van der Waals surface area contributed by atoms with Gasteiger partial charge in [0, 0.05) is 0 Å². The molecule has 3 heterocycles. The van der Waals surface area contributed by atoms with Gasteiger partial charge in [-0.15, -0.1) is 5.10 Å². The summed E-state index contributed by atoms with van der Waals surface area (Å²) in [7, 11) is 0. The van der Waals surface area contributed by atoms with Gasteiger partial charge in [0.25, 0.3) is 0 Å². The molecule has 1 N–H and O–H groups in total. The molecule has 0 amide bonds. The summed E-state index contributed by atoms with van der Waals surface area (Å²) in [5.41, 5.74) is 0.566. The summed E-state index contributed by atoms with van der Waals surface area (Å²) in [6.45, 7) is 2.15. The van der Waals surface area contributed by atoms with Gasteiger partial charge >= 0.3 is 0 Å². The van der Waals surface area contributed by atoms with Crippen LogP contribution in [0.3, 0.4) is 0 Å². The van der Waals surface area contributed by atoms with Gasteiger partial charge in [0.1, 0.15) is 0 Å². The quantitative estimate of drug-likeness (QED) is 0.662. The fourth-order valence-electron chi connectivity index (χ4n) is 1.37. The molecule has 0 saturated heterocycles. The zero-order valence-corrected chi connectivity index (χ0v) is 8.90. The van der Waals surface area contributed by atoms with Crippen molar-refractivity contribution in [2.75, 3.05) is 5.32 Å². The minimum absolute atomic E-state index is 0.390. The lowest BCUT2D eigenvalue weighted by Crippen LogP contribution is -2.06. The highest BCUT2D eigenvalue weighted by Crippen LogP contribution is 2.07. The zero-order valence-electron chi connectivity index (χ0n) is 8.90. The number of hydrogen-bond donors (Lipinski definition) is 1. The first-order chi connectivity index (χ1) is 8.33. The van der Waals surface area contributed by atoms with Crippen molar-refractivity contribution in [3.63, 3.8) is 0 Å². The van der Waals surface area contributed by atoms with E-state index in [-0.39, 0.29) is 0 Å². The molecule has 86 valence electrons. The molecular formula is C8H8N8O. The van der Waals surface area contributed by atoms with Gasteiger partial charge in [0.05, 0.1) is 18.9 Å². The van der Waals surface area contributed by atoms with Crippen molar-refractivity contribution in [1.82, 2.24) is 35.2 Å². The van der Waals surface area contributed by atoms with Gasteiger partial charge in [-0.3, -0.25) is 4.98 Å². The van der Waals surface area contributed by atoms with Gasteiger partial charge in [-0.05, 0) is 17.4 Å². The van der Waals surface area contributed by atoms with E-state index in [4.69, 9.17) is 4.52 Å². The van der Waals surface area contributed by atoms with Crippen molar-refractivity contribution in [2.24, 2.45) is 0 Å². The van der Waals surface area contributed by atoms with Crippen LogP contribution in [0.2, 0.25) is 0 Å². The second kappa shape index (κ2) is 3.77. The maximum Gasteiger partial charge on any atom is 0.245 e. The molecule has 0 radical (unpaired) electrons. The lowest BCUT2D eigenvalue weighted by Gasteiger charge is -2.02. The summed E-state index contributed by atoms with van der Waals surface area (Å²) in [5.74, 6) is 1.75. The molecule has 0 fully saturated rings. The molecule has 0 saturated carbocycles. The molecule has 9 heteroatoms. The fourth-order valence-corrected chi connectivity index (χ4v) is 1.37. The molecule has 0 atom stereocenters. The number of nitrogens with one attached hydrogen (secondary N) is 1. The molecule has 0 aliphatic carbocycles. The van der Waals surface area contributed by atoms with Crippen LogP contribution in [0.4, 0.5) is 5.82 Å². The Morgan fingerprint density at radius 3 is 3.18 bits per heavy atom. The summed E-state index contributed by atoms with van der Waals surface area (Å²) in [6.07, 6.45) is 3.19. The molecule has 3 aromatic heterocycles. The Morgan fingerprint density at radius 2 is 2.35 bits per heavy atom. The molecule has 0 unspecified atom stereocenters. The molecule has 3 aromatic rings. The van der Waals surface area contributed by atoms with Gasteiger partial charge in [-0.25, -0.2) is 0 Å². The third kappa shape index (κ3) is 1.77. The number of rotatable bonds is 3. The van der Waals surface area contributed by atoms with Crippen molar-refractivity contribution in [3.05, 3.63) is 24.1 Å². The average molecular weight is 232 g/mol. The van der Waals surface area contributed by atoms with Crippen LogP contribution in [-0.4, -0.2) is 35.2 Å². The smallest absolute Gasteiger partial charge is 0.245 e. The van der Waals surface area contributed by atoms with Gasteiger partial charge in [-0.1, -0.05) is 5.16 Å². The number of nitrogens with zero attached hydrogens (tertiary/aromatic N) is 7. The first-order valence-electron chi connectivity index (χ1n) is 4.88. The van der Waals surface area contributed by atoms with Crippen molar-refractivity contribution in [3.8, 4) is 0 Å². The Hall–Kier alpha value is -2.58. The van der Waals surface area contributed by atoms with Crippen LogP contribution in [-0.2, 0) is 6.54 Å². The predicted molar refractivity (Wildman–Crippen MR) is 54.9 cm³/mol. The largest absolute Gasteiger partial charge is 0.360 e. The van der Waals surface area contributed by atoms with Crippen LogP contribution in [0.5, 0.6) is 0 Å². The van der Waals surface area contributed by atoms with E-state index in [1.54, 1.807) is 19.3 Å². The Labute approximate surface area is 94.9 Å². The minimum Gasteiger partial charge on any atom is -0.360 e. The van der Waals surface area contributed by atoms with Crippen molar-refractivity contribution in [2.45, 2.75) is 13.5 Å². The van der Waals surface area contributed by atoms with Gasteiger partial charge < -0.3 is 9.84 Å². The highest BCUT2D eigenvalue weighted by Gasteiger charge is 2.06. The molecule has 3 rings (SSSR count). The molecule has 0 aliphatic rings. The number of fused-ring (bicyclic) bond motifs is 1. The summed E-state index contributed by atoms with van der Waals surface area (Å²) >= 11 is 0. The Kier molecular flexibility index (Phi) is 2.14. The van der Waals surface area contributed by atoms with Crippen LogP contribution >= 0.6 is 0 Å². The third-order valence-corrected chi connectivity index (χ3v) is 2.10. The maximum atomic E-state index is 4.97. The Bertz CT molecular complexity index is 644. The second-order valence-electron chi connectivity index (χ2n) is 3.33. The van der Waals surface area contributed by atoms with E-state index < -0.39 is 0 Å². The van der Waals surface area contributed by atoms with Crippen LogP contribution < -0.4 is 5.32 Å². The maximum absolute atomic E-state index is 4.97. The fraction of sp³-hybridized carbons (Fsp3) is 0.250. The summed E-state index contributed by atoms with van der Waals surface area (Å²) in [6, 6.07) is 0. The number of aryl methyl sites for hydroxylation is 1. The van der Waals surface area contributed by atoms with E-state index >= 15 is 0 Å². The van der Waals surface area contributed by atoms with Crippen LogP contribution in [0.15, 0.2) is 16.9 Å². The molecule has 0 bridgehead atoms. The zero-order chi connectivity index (χ0) is 11.7. The lowest BCUT2D eigenvalue weighted by molar-refractivity contribution is 0.379. The topological polar surface area (TPSA) is 107 Å². The van der Waals surface area contributed by atoms with Crippen LogP contribution in [0.1, 0.15) is 11.7 Å². The van der Waals surface area contributed by atoms with E-state index in [1.165, 1.54) is 4.52 Å². The molecule has 0 aliphatic heterocycles. The summed E-state index contributed by atoms with van der Waals surface area (Å²) in [4.78, 5) is 8.08. The van der Waals surface area contributed by atoms with Gasteiger partial charge in [0.15, 0.2) is 17.3 Å². The third-order valence-electron chi connectivity index (χ3n) is 2.10. The lowest BCUT2D eigenvalue weighted by atomic mass is 10.5. The highest BCUT2D eigenvalue weighted by molar-refractivity contribution is 5.43. The molecule has 9 nitrogen and oxygen atoms in total. The van der Waals surface area contributed by atoms with Gasteiger partial charge in [0.2, 0.25) is 5.89 Å². The first kappa shape index (κ1) is 9.63. The highest BCUT2D eigenvalue weighted by atomic mass is 16.5. The van der Waals surface area contributed by atoms with E-state index in [0.717, 1.165) is 0 Å². The Morgan fingerprint density at radius 1 is 1.41 bits per heavy atom. The van der Waals surface area contributed by atoms with Crippen molar-refractivity contribution < 1.29 is 4.52 Å². The molecule has 17 heavy (non-hydrogen) atoms. The van der Waals surface area contributed by atoms with E-state index in [2.05, 4.69) is 36.0 Å². The van der Waals surface area contributed by atoms with Crippen molar-refractivity contribution in [1.29, 1.82) is 0 Å². The van der Waals surface area contributed by atoms with Crippen LogP contribution in [0.25, 0.3) is 5.65 Å². The average Bonchev–Trinajstić information content (AvgIpc) is 2.94. The normalized spacial score (nSPS) is 10.9. The van der Waals surface area contributed by atoms with E-state index in [9.17, 15) is 0 Å². The Balaban J connectivity index is 1.83. The monoisotopic (exact) mass is 232 g/mol. The first-order valence-corrected chi connectivity index (χ1v) is 4.88. The second-order valence-corrected chi connectivity index (χ2v) is 3.33. The molecule has 0 aromatic carbocycles. The number of hydrogen-bond acceptors (Lipinski definition) is 8. The number of aromatic nitrogens is 7. The molecule has 0 spiro atoms. The standard InChI is InChI=1S/C8H8N8O/c1-5-11-8(17-13-5)4-10-6-2-9-3-7-12-14-15-16(6)7/h2-3,10H,4H2,1H3. The number of anilines is 1. The predicted octanol–water partition coefficient (Wildman–Crippen LogP) is -0.177. The number of tetrazole rings is 1. The van der Waals surface area contributed by atoms with Crippen LogP contribution in [0, 0.1) is 6.92 Å².